The molecule has 1 aromatic rings. The average Bonchev–Trinajstić information content (AvgIpc) is 2.25. The highest BCUT2D eigenvalue weighted by Crippen LogP contribution is 2.23. The minimum Gasteiger partial charge on any atom is -0.367 e. The largest absolute Gasteiger partial charge is 0.367 e. The van der Waals surface area contributed by atoms with Crippen LogP contribution in [0.4, 0.5) is 22.0 Å². The van der Waals surface area contributed by atoms with Gasteiger partial charge in [0.2, 0.25) is 0 Å². The molecule has 0 saturated carbocycles. The maximum atomic E-state index is 12.9. The molecule has 0 fully saturated rings. The highest BCUT2D eigenvalue weighted by atomic mass is 35.5. The van der Waals surface area contributed by atoms with Crippen LogP contribution < -0.4 is 0 Å². The van der Waals surface area contributed by atoms with E-state index in [1.807, 2.05) is 0 Å². The van der Waals surface area contributed by atoms with Gasteiger partial charge in [0.25, 0.3) is 0 Å². The zero-order chi connectivity index (χ0) is 13.9. The van der Waals surface area contributed by atoms with Crippen LogP contribution in [-0.4, -0.2) is 28.9 Å². The number of ether oxygens (including phenoxy) is 1. The molecule has 0 atom stereocenters. The van der Waals surface area contributed by atoms with Crippen LogP contribution in [0.15, 0.2) is 0 Å². The van der Waals surface area contributed by atoms with Crippen molar-refractivity contribution < 1.29 is 26.7 Å². The predicted molar refractivity (Wildman–Crippen MR) is 52.6 cm³/mol. The van der Waals surface area contributed by atoms with Crippen LogP contribution in [0, 0.1) is 5.82 Å². The van der Waals surface area contributed by atoms with E-state index < -0.39 is 41.7 Å². The molecular weight excluding hydrogens is 306 g/mol. The van der Waals surface area contributed by atoms with Crippen molar-refractivity contribution in [2.75, 3.05) is 6.61 Å². The van der Waals surface area contributed by atoms with Gasteiger partial charge in [0.05, 0.1) is 0 Å². The Bertz CT molecular complexity index is 409. The number of hydrogen-bond donors (Lipinski definition) is 0. The van der Waals surface area contributed by atoms with E-state index in [1.165, 1.54) is 0 Å². The summed E-state index contributed by atoms with van der Waals surface area (Å²) in [6.07, 6.45) is -3.85. The van der Waals surface area contributed by atoms with E-state index in [2.05, 4.69) is 14.7 Å². The van der Waals surface area contributed by atoms with Crippen molar-refractivity contribution in [1.29, 1.82) is 0 Å². The summed E-state index contributed by atoms with van der Waals surface area (Å²) in [5.41, 5.74) is 0. The molecule has 0 saturated heterocycles. The normalized spacial score (nSPS) is 12.2. The summed E-state index contributed by atoms with van der Waals surface area (Å²) in [5, 5.41) is -1.23. The highest BCUT2D eigenvalue weighted by Gasteiger charge is 2.41. The predicted octanol–water partition coefficient (Wildman–Crippen LogP) is 3.34. The third-order valence-electron chi connectivity index (χ3n) is 1.66. The van der Waals surface area contributed by atoms with Crippen molar-refractivity contribution >= 4 is 23.2 Å². The molecule has 102 valence electrons. The summed E-state index contributed by atoms with van der Waals surface area (Å²) in [7, 11) is 0. The molecule has 10 heteroatoms. The smallest absolute Gasteiger partial charge is 0.330 e. The first-order valence-electron chi connectivity index (χ1n) is 4.35. The fourth-order valence-electron chi connectivity index (χ4n) is 0.841. The number of halogens is 7. The second kappa shape index (κ2) is 5.94. The minimum absolute atomic E-state index is 0.295. The van der Waals surface area contributed by atoms with Crippen LogP contribution in [0.2, 0.25) is 10.3 Å². The summed E-state index contributed by atoms with van der Waals surface area (Å²) in [5.74, 6) is -5.65. The third-order valence-corrected chi connectivity index (χ3v) is 2.16. The van der Waals surface area contributed by atoms with Crippen LogP contribution in [-0.2, 0) is 11.3 Å². The molecule has 0 aliphatic rings. The number of nitrogens with zero attached hydrogens (tertiary/aromatic N) is 2. The van der Waals surface area contributed by atoms with Gasteiger partial charge in [-0.15, -0.1) is 0 Å². The summed E-state index contributed by atoms with van der Waals surface area (Å²) < 4.78 is 65.6. The minimum atomic E-state index is -4.28. The molecule has 0 aliphatic heterocycles. The van der Waals surface area contributed by atoms with Gasteiger partial charge in [-0.25, -0.2) is 23.1 Å². The SMILES string of the molecule is Fc1c(Cl)nc(COCC(F)(F)C(F)F)nc1Cl. The second-order valence-corrected chi connectivity index (χ2v) is 3.81. The molecule has 18 heavy (non-hydrogen) atoms. The van der Waals surface area contributed by atoms with Gasteiger partial charge >= 0.3 is 12.3 Å². The van der Waals surface area contributed by atoms with E-state index in [0.29, 0.717) is 0 Å². The van der Waals surface area contributed by atoms with E-state index in [-0.39, 0.29) is 5.82 Å². The van der Waals surface area contributed by atoms with Crippen molar-refractivity contribution in [3.8, 4) is 0 Å². The van der Waals surface area contributed by atoms with Gasteiger partial charge in [0.15, 0.2) is 21.9 Å². The summed E-state index contributed by atoms with van der Waals surface area (Å²) in [4.78, 5) is 6.67. The average molecular weight is 311 g/mol. The van der Waals surface area contributed by atoms with Crippen LogP contribution in [0.3, 0.4) is 0 Å². The van der Waals surface area contributed by atoms with E-state index in [1.54, 1.807) is 0 Å². The molecule has 0 spiro atoms. The quantitative estimate of drug-likeness (QED) is 0.618. The van der Waals surface area contributed by atoms with Crippen LogP contribution in [0.5, 0.6) is 0 Å². The fraction of sp³-hybridized carbons (Fsp3) is 0.500. The Balaban J connectivity index is 2.60. The summed E-state index contributed by atoms with van der Waals surface area (Å²) in [6.45, 7) is -2.18. The number of alkyl halides is 4. The lowest BCUT2D eigenvalue weighted by Crippen LogP contribution is -2.32. The van der Waals surface area contributed by atoms with E-state index >= 15 is 0 Å². The first kappa shape index (κ1) is 15.3. The number of rotatable bonds is 5. The first-order chi connectivity index (χ1) is 8.24. The van der Waals surface area contributed by atoms with Gasteiger partial charge in [-0.1, -0.05) is 23.2 Å². The molecule has 0 aliphatic carbocycles. The second-order valence-electron chi connectivity index (χ2n) is 3.09. The molecule has 0 N–H and O–H groups in total. The molecule has 0 amide bonds. The van der Waals surface area contributed by atoms with Crippen LogP contribution >= 0.6 is 23.2 Å². The maximum absolute atomic E-state index is 12.9. The highest BCUT2D eigenvalue weighted by molar-refractivity contribution is 6.33. The van der Waals surface area contributed by atoms with Gasteiger partial charge in [0, 0.05) is 0 Å². The molecular formula is C8H5Cl2F5N2O. The Kier molecular flexibility index (Phi) is 5.06. The molecule has 0 aromatic carbocycles. The molecule has 0 radical (unpaired) electrons. The van der Waals surface area contributed by atoms with Gasteiger partial charge in [-0.05, 0) is 0 Å². The van der Waals surface area contributed by atoms with E-state index in [4.69, 9.17) is 23.2 Å². The van der Waals surface area contributed by atoms with E-state index in [0.717, 1.165) is 0 Å². The fourth-order valence-corrected chi connectivity index (χ4v) is 1.26. The topological polar surface area (TPSA) is 35.0 Å². The standard InChI is InChI=1S/C8H5Cl2F5N2O/c9-5-4(11)6(10)17-3(16-5)1-18-2-8(14,15)7(12)13/h7H,1-2H2. The van der Waals surface area contributed by atoms with Crippen molar-refractivity contribution in [2.45, 2.75) is 19.0 Å². The lowest BCUT2D eigenvalue weighted by Gasteiger charge is -2.14. The van der Waals surface area contributed by atoms with Crippen molar-refractivity contribution in [3.05, 3.63) is 21.9 Å². The van der Waals surface area contributed by atoms with Crippen molar-refractivity contribution in [2.24, 2.45) is 0 Å². The van der Waals surface area contributed by atoms with Gasteiger partial charge in [0.1, 0.15) is 13.2 Å². The Morgan fingerprint density at radius 3 is 2.11 bits per heavy atom. The molecule has 1 heterocycles. The van der Waals surface area contributed by atoms with Gasteiger partial charge in [-0.3, -0.25) is 0 Å². The Hall–Kier alpha value is -0.730. The lowest BCUT2D eigenvalue weighted by atomic mass is 10.4. The molecule has 0 unspecified atom stereocenters. The Morgan fingerprint density at radius 1 is 1.17 bits per heavy atom. The summed E-state index contributed by atoms with van der Waals surface area (Å²) in [6, 6.07) is 0. The van der Waals surface area contributed by atoms with Crippen molar-refractivity contribution in [1.82, 2.24) is 9.97 Å². The number of aromatic nitrogens is 2. The molecule has 1 rings (SSSR count). The lowest BCUT2D eigenvalue weighted by molar-refractivity contribution is -0.168. The monoisotopic (exact) mass is 310 g/mol. The zero-order valence-corrected chi connectivity index (χ0v) is 9.95. The zero-order valence-electron chi connectivity index (χ0n) is 8.44. The first-order valence-corrected chi connectivity index (χ1v) is 5.10. The molecule has 1 aromatic heterocycles. The van der Waals surface area contributed by atoms with Crippen LogP contribution in [0.25, 0.3) is 0 Å². The van der Waals surface area contributed by atoms with E-state index in [9.17, 15) is 22.0 Å². The maximum Gasteiger partial charge on any atom is 0.330 e. The third kappa shape index (κ3) is 3.89. The van der Waals surface area contributed by atoms with Gasteiger partial charge in [-0.2, -0.15) is 8.78 Å². The summed E-state index contributed by atoms with van der Waals surface area (Å²) >= 11 is 10.6. The number of hydrogen-bond acceptors (Lipinski definition) is 3. The Morgan fingerprint density at radius 2 is 1.67 bits per heavy atom. The Labute approximate surface area is 108 Å². The van der Waals surface area contributed by atoms with Crippen molar-refractivity contribution in [3.63, 3.8) is 0 Å². The molecule has 0 bridgehead atoms. The van der Waals surface area contributed by atoms with Crippen LogP contribution in [0.1, 0.15) is 5.82 Å². The molecule has 3 nitrogen and oxygen atoms in total. The van der Waals surface area contributed by atoms with Gasteiger partial charge < -0.3 is 4.74 Å².